The molecule has 0 aromatic carbocycles. The third-order valence-electron chi connectivity index (χ3n) is 13.8. The number of carbonyl (C=O) groups is 3. The quantitative estimate of drug-likeness (QED) is 0.0261. The highest BCUT2D eigenvalue weighted by molar-refractivity contribution is 5.71. The number of carbonyl (C=O) groups excluding carboxylic acids is 3. The van der Waals surface area contributed by atoms with Crippen molar-refractivity contribution >= 4 is 17.9 Å². The van der Waals surface area contributed by atoms with Gasteiger partial charge in [-0.2, -0.15) is 0 Å². The second-order valence-electron chi connectivity index (χ2n) is 21.6. The molecule has 0 spiro atoms. The molecule has 0 aliphatic rings. The molecule has 0 heterocycles. The predicted octanol–water partition coefficient (Wildman–Crippen LogP) is 23.3. The van der Waals surface area contributed by atoms with Crippen molar-refractivity contribution in [3.63, 3.8) is 0 Å². The Morgan fingerprint density at radius 2 is 0.476 bits per heavy atom. The van der Waals surface area contributed by atoms with Gasteiger partial charge in [-0.1, -0.05) is 294 Å². The van der Waals surface area contributed by atoms with Crippen molar-refractivity contribution in [1.29, 1.82) is 0 Å². The van der Waals surface area contributed by atoms with Gasteiger partial charge in [0.25, 0.3) is 0 Å². The van der Waals surface area contributed by atoms with Gasteiger partial charge in [-0.3, -0.25) is 14.4 Å². The maximum absolute atomic E-state index is 12.9. The zero-order valence-electron chi connectivity index (χ0n) is 52.9. The monoisotopic (exact) mass is 1130 g/mol. The van der Waals surface area contributed by atoms with Gasteiger partial charge in [0.2, 0.25) is 0 Å². The average molecular weight is 1130 g/mol. The lowest BCUT2D eigenvalue weighted by atomic mass is 10.0. The van der Waals surface area contributed by atoms with Gasteiger partial charge in [0, 0.05) is 19.3 Å². The van der Waals surface area contributed by atoms with E-state index in [4.69, 9.17) is 14.2 Å². The minimum atomic E-state index is -0.803. The first kappa shape index (κ1) is 77.0. The van der Waals surface area contributed by atoms with Gasteiger partial charge in [-0.25, -0.2) is 0 Å². The molecular formula is C76H122O6. The molecule has 6 nitrogen and oxygen atoms in total. The number of unbranched alkanes of at least 4 members (excludes halogenated alkanes) is 22. The fourth-order valence-electron chi connectivity index (χ4n) is 8.84. The van der Waals surface area contributed by atoms with Crippen molar-refractivity contribution in [1.82, 2.24) is 0 Å². The molecule has 0 rings (SSSR count). The first-order valence-electron chi connectivity index (χ1n) is 33.5. The molecule has 462 valence electrons. The fourth-order valence-corrected chi connectivity index (χ4v) is 8.84. The summed E-state index contributed by atoms with van der Waals surface area (Å²) in [5.74, 6) is -0.938. The molecule has 0 aliphatic carbocycles. The Balaban J connectivity index is 4.40. The van der Waals surface area contributed by atoms with Crippen LogP contribution >= 0.6 is 0 Å². The molecule has 0 saturated heterocycles. The van der Waals surface area contributed by atoms with Gasteiger partial charge in [0.15, 0.2) is 6.10 Å². The first-order valence-corrected chi connectivity index (χ1v) is 33.5. The van der Waals surface area contributed by atoms with E-state index in [2.05, 4.69) is 179 Å². The summed E-state index contributed by atoms with van der Waals surface area (Å²) in [6, 6.07) is 0. The largest absolute Gasteiger partial charge is 0.462 e. The molecule has 0 radical (unpaired) electrons. The lowest BCUT2D eigenvalue weighted by Crippen LogP contribution is -2.30. The van der Waals surface area contributed by atoms with Crippen LogP contribution in [0.1, 0.15) is 284 Å². The number of hydrogen-bond donors (Lipinski definition) is 0. The molecule has 0 amide bonds. The molecular weight excluding hydrogens is 1010 g/mol. The smallest absolute Gasteiger partial charge is 0.306 e. The van der Waals surface area contributed by atoms with Gasteiger partial charge in [-0.05, 0) is 128 Å². The molecule has 82 heavy (non-hydrogen) atoms. The Hall–Kier alpha value is -4.97. The lowest BCUT2D eigenvalue weighted by Gasteiger charge is -2.18. The second-order valence-corrected chi connectivity index (χ2v) is 21.6. The number of hydrogen-bond acceptors (Lipinski definition) is 6. The van der Waals surface area contributed by atoms with E-state index in [1.54, 1.807) is 0 Å². The minimum Gasteiger partial charge on any atom is -0.462 e. The summed E-state index contributed by atoms with van der Waals surface area (Å²) in [6.07, 6.45) is 99.7. The first-order chi connectivity index (χ1) is 40.5. The molecule has 0 fully saturated rings. The normalized spacial score (nSPS) is 13.2. The van der Waals surface area contributed by atoms with E-state index in [0.29, 0.717) is 19.3 Å². The number of esters is 3. The van der Waals surface area contributed by atoms with Crippen LogP contribution in [0.25, 0.3) is 0 Å². The van der Waals surface area contributed by atoms with E-state index in [0.717, 1.165) is 154 Å². The van der Waals surface area contributed by atoms with E-state index < -0.39 is 6.10 Å². The highest BCUT2D eigenvalue weighted by atomic mass is 16.6. The van der Waals surface area contributed by atoms with Crippen molar-refractivity contribution in [3.05, 3.63) is 158 Å². The molecule has 1 unspecified atom stereocenters. The highest BCUT2D eigenvalue weighted by Crippen LogP contribution is 2.15. The van der Waals surface area contributed by atoms with Gasteiger partial charge in [-0.15, -0.1) is 0 Å². The van der Waals surface area contributed by atoms with Crippen LogP contribution in [0, 0.1) is 0 Å². The summed E-state index contributed by atoms with van der Waals surface area (Å²) < 4.78 is 16.9. The van der Waals surface area contributed by atoms with E-state index >= 15 is 0 Å². The summed E-state index contributed by atoms with van der Waals surface area (Å²) in [5, 5.41) is 0. The zero-order chi connectivity index (χ0) is 59.2. The Labute approximate surface area is 505 Å². The molecule has 0 saturated carbocycles. The second kappa shape index (κ2) is 68.5. The molecule has 0 aliphatic heterocycles. The van der Waals surface area contributed by atoms with E-state index in [1.807, 2.05) is 0 Å². The Morgan fingerprint density at radius 3 is 0.756 bits per heavy atom. The summed E-state index contributed by atoms with van der Waals surface area (Å²) in [4.78, 5) is 38.3. The molecule has 0 aromatic heterocycles. The topological polar surface area (TPSA) is 78.9 Å². The molecule has 0 N–H and O–H groups in total. The van der Waals surface area contributed by atoms with Crippen molar-refractivity contribution in [2.75, 3.05) is 13.2 Å². The van der Waals surface area contributed by atoms with Crippen molar-refractivity contribution in [3.8, 4) is 0 Å². The van der Waals surface area contributed by atoms with Crippen LogP contribution in [0.2, 0.25) is 0 Å². The summed E-state index contributed by atoms with van der Waals surface area (Å²) in [5.41, 5.74) is 0. The van der Waals surface area contributed by atoms with Crippen molar-refractivity contribution < 1.29 is 28.6 Å². The maximum atomic E-state index is 12.9. The minimum absolute atomic E-state index is 0.0956. The fraction of sp³-hybridized carbons (Fsp3) is 0.618. The summed E-state index contributed by atoms with van der Waals surface area (Å²) in [6.45, 7) is 6.38. The van der Waals surface area contributed by atoms with Crippen LogP contribution in [0.15, 0.2) is 158 Å². The Bertz CT molecular complexity index is 1830. The molecule has 0 bridgehead atoms. The molecule has 0 aromatic rings. The van der Waals surface area contributed by atoms with Crippen LogP contribution in [0.4, 0.5) is 0 Å². The van der Waals surface area contributed by atoms with Gasteiger partial charge in [0.05, 0.1) is 0 Å². The van der Waals surface area contributed by atoms with Crippen molar-refractivity contribution in [2.45, 2.75) is 290 Å². The third kappa shape index (κ3) is 65.8. The van der Waals surface area contributed by atoms with Crippen LogP contribution in [-0.2, 0) is 28.6 Å². The SMILES string of the molecule is CC/C=C\C/C=C\C/C=C\C/C=C\C/C=C\C/C=C\C/C=C\C/C=C\C/C=C\CCCCCC(=O)OCC(COC(=O)CCCCCCCCCCCCCC)OC(=O)CCCCCCCCCC/C=C\C/C=C\C/C=C\C/C=C\CC. The maximum Gasteiger partial charge on any atom is 0.306 e. The van der Waals surface area contributed by atoms with Crippen LogP contribution in [0.5, 0.6) is 0 Å². The molecule has 6 heteroatoms. The standard InChI is InChI=1S/C76H122O6/c1-4-7-10-13-16-19-22-25-27-29-31-33-34-35-36-37-38-39-40-41-42-44-45-47-49-51-54-57-60-63-66-69-75(78)81-72-73(71-80-74(77)68-65-62-59-56-53-24-21-18-15-12-9-6-3)82-76(79)70-67-64-61-58-55-52-50-48-46-43-32-30-28-26-23-20-17-14-11-8-5-2/h7-8,10-11,16-17,19-20,25-28,31-33,35-36,38-39,41-43,45,47,51,54,73H,4-6,9,12-15,18,21-24,29-30,34,37,40,44,46,48-50,52-53,55-72H2,1-3H3/b10-7-,11-8-,19-16-,20-17-,27-25-,28-26-,33-31-,36-35-,39-38-,42-41-,43-32-,47-45-,54-51-. The average Bonchev–Trinajstić information content (AvgIpc) is 3.47. The van der Waals surface area contributed by atoms with Crippen LogP contribution in [0.3, 0.4) is 0 Å². The summed E-state index contributed by atoms with van der Waals surface area (Å²) in [7, 11) is 0. The summed E-state index contributed by atoms with van der Waals surface area (Å²) >= 11 is 0. The van der Waals surface area contributed by atoms with Gasteiger partial charge >= 0.3 is 17.9 Å². The Morgan fingerprint density at radius 1 is 0.256 bits per heavy atom. The zero-order valence-corrected chi connectivity index (χ0v) is 52.9. The van der Waals surface area contributed by atoms with E-state index in [-0.39, 0.29) is 31.1 Å². The number of ether oxygens (including phenoxy) is 3. The van der Waals surface area contributed by atoms with Gasteiger partial charge < -0.3 is 14.2 Å². The number of rotatable bonds is 59. The van der Waals surface area contributed by atoms with E-state index in [9.17, 15) is 14.4 Å². The number of allylic oxidation sites excluding steroid dienone is 26. The third-order valence-corrected chi connectivity index (χ3v) is 13.8. The van der Waals surface area contributed by atoms with Gasteiger partial charge in [0.1, 0.15) is 13.2 Å². The van der Waals surface area contributed by atoms with E-state index in [1.165, 1.54) is 89.9 Å². The Kier molecular flexibility index (Phi) is 64.4. The predicted molar refractivity (Wildman–Crippen MR) is 357 cm³/mol. The lowest BCUT2D eigenvalue weighted by molar-refractivity contribution is -0.167. The molecule has 1 atom stereocenters. The van der Waals surface area contributed by atoms with Crippen LogP contribution < -0.4 is 0 Å². The van der Waals surface area contributed by atoms with Crippen molar-refractivity contribution in [2.24, 2.45) is 0 Å². The van der Waals surface area contributed by atoms with Crippen LogP contribution in [-0.4, -0.2) is 37.2 Å². The highest BCUT2D eigenvalue weighted by Gasteiger charge is 2.19.